The molecule has 0 aliphatic carbocycles. The van der Waals surface area contributed by atoms with Crippen molar-refractivity contribution in [3.8, 4) is 6.07 Å². The molecule has 108 valence electrons. The second-order valence-corrected chi connectivity index (χ2v) is 5.86. The van der Waals surface area contributed by atoms with Crippen LogP contribution in [0.15, 0.2) is 23.1 Å². The maximum Gasteiger partial charge on any atom is 0.293 e. The van der Waals surface area contributed by atoms with Crippen LogP contribution in [-0.4, -0.2) is 31.2 Å². The first-order valence-corrected chi connectivity index (χ1v) is 6.87. The van der Waals surface area contributed by atoms with E-state index in [2.05, 4.69) is 5.43 Å². The number of anilines is 1. The van der Waals surface area contributed by atoms with Crippen molar-refractivity contribution in [2.45, 2.75) is 11.3 Å². The first kappa shape index (κ1) is 15.8. The Kier molecular flexibility index (Phi) is 4.98. The van der Waals surface area contributed by atoms with Crippen LogP contribution < -0.4 is 11.3 Å². The highest BCUT2D eigenvalue weighted by Crippen LogP contribution is 2.27. The van der Waals surface area contributed by atoms with E-state index in [0.717, 1.165) is 22.5 Å². The predicted octanol–water partition coefficient (Wildman–Crippen LogP) is 0.415. The highest BCUT2D eigenvalue weighted by Gasteiger charge is 2.23. The molecule has 0 fully saturated rings. The van der Waals surface area contributed by atoms with Gasteiger partial charge < -0.3 is 5.43 Å². The van der Waals surface area contributed by atoms with Gasteiger partial charge in [-0.25, -0.2) is 8.42 Å². The molecule has 0 radical (unpaired) electrons. The number of hydrazine groups is 1. The minimum atomic E-state index is -3.82. The van der Waals surface area contributed by atoms with Crippen LogP contribution in [0.2, 0.25) is 0 Å². The van der Waals surface area contributed by atoms with E-state index in [0.29, 0.717) is 0 Å². The molecule has 20 heavy (non-hydrogen) atoms. The topological polar surface area (TPSA) is 142 Å². The lowest BCUT2D eigenvalue weighted by atomic mass is 10.3. The highest BCUT2D eigenvalue weighted by atomic mass is 32.2. The van der Waals surface area contributed by atoms with Crippen LogP contribution in [0.4, 0.5) is 11.4 Å². The van der Waals surface area contributed by atoms with Crippen molar-refractivity contribution >= 4 is 21.4 Å². The number of nitriles is 1. The van der Waals surface area contributed by atoms with Gasteiger partial charge in [0, 0.05) is 26.1 Å². The van der Waals surface area contributed by atoms with Crippen LogP contribution in [0.5, 0.6) is 0 Å². The van der Waals surface area contributed by atoms with Gasteiger partial charge >= 0.3 is 0 Å². The van der Waals surface area contributed by atoms with E-state index in [1.165, 1.54) is 7.05 Å². The Balaban J connectivity index is 3.20. The quantitative estimate of drug-likeness (QED) is 0.440. The Hall–Kier alpha value is -2.22. The van der Waals surface area contributed by atoms with Crippen molar-refractivity contribution in [3.63, 3.8) is 0 Å². The van der Waals surface area contributed by atoms with E-state index in [1.54, 1.807) is 0 Å². The van der Waals surface area contributed by atoms with Gasteiger partial charge in [-0.15, -0.1) is 0 Å². The average molecular weight is 299 g/mol. The van der Waals surface area contributed by atoms with E-state index in [-0.39, 0.29) is 29.2 Å². The average Bonchev–Trinajstić information content (AvgIpc) is 2.43. The number of benzene rings is 1. The number of sulfonamides is 1. The van der Waals surface area contributed by atoms with Gasteiger partial charge in [-0.05, 0) is 12.1 Å². The zero-order chi connectivity index (χ0) is 15.3. The Bertz CT molecular complexity index is 652. The van der Waals surface area contributed by atoms with E-state index in [1.807, 2.05) is 6.07 Å². The Morgan fingerprint density at radius 1 is 1.55 bits per heavy atom. The van der Waals surface area contributed by atoms with Crippen molar-refractivity contribution in [3.05, 3.63) is 28.3 Å². The molecule has 0 atom stereocenters. The summed E-state index contributed by atoms with van der Waals surface area (Å²) in [6, 6.07) is 5.10. The first-order valence-electron chi connectivity index (χ1n) is 5.43. The highest BCUT2D eigenvalue weighted by molar-refractivity contribution is 7.89. The molecule has 0 bridgehead atoms. The largest absolute Gasteiger partial charge is 0.318 e. The molecule has 3 N–H and O–H groups in total. The molecule has 0 saturated carbocycles. The third-order valence-electron chi connectivity index (χ3n) is 2.57. The number of nitrogen functional groups attached to an aromatic ring is 1. The summed E-state index contributed by atoms with van der Waals surface area (Å²) in [6.45, 7) is 0.0290. The molecule has 0 saturated heterocycles. The van der Waals surface area contributed by atoms with Gasteiger partial charge in [-0.2, -0.15) is 9.57 Å². The smallest absolute Gasteiger partial charge is 0.293 e. The molecule has 0 aromatic heterocycles. The summed E-state index contributed by atoms with van der Waals surface area (Å²) in [6.07, 6.45) is 0.0463. The second kappa shape index (κ2) is 6.29. The molecule has 0 aliphatic rings. The standard InChI is InChI=1S/C10H13N5O4S/c1-14(6-2-5-11)20(18,19)8-3-4-10(15(16)17)9(7-8)13-12/h3-4,7,13H,2,6,12H2,1H3. The van der Waals surface area contributed by atoms with E-state index >= 15 is 0 Å². The van der Waals surface area contributed by atoms with Crippen molar-refractivity contribution in [1.82, 2.24) is 4.31 Å². The molecular formula is C10H13N5O4S. The summed E-state index contributed by atoms with van der Waals surface area (Å²) in [5, 5.41) is 19.2. The molecule has 0 aliphatic heterocycles. The van der Waals surface area contributed by atoms with Crippen molar-refractivity contribution in [1.29, 1.82) is 5.26 Å². The minimum absolute atomic E-state index is 0.0290. The fraction of sp³-hybridized carbons (Fsp3) is 0.300. The van der Waals surface area contributed by atoms with Crippen LogP contribution in [0, 0.1) is 21.4 Å². The number of hydrogen-bond acceptors (Lipinski definition) is 7. The van der Waals surface area contributed by atoms with Crippen LogP contribution in [-0.2, 0) is 10.0 Å². The molecule has 0 spiro atoms. The summed E-state index contributed by atoms with van der Waals surface area (Å²) < 4.78 is 25.3. The number of nitro groups is 1. The lowest BCUT2D eigenvalue weighted by Crippen LogP contribution is -2.28. The first-order chi connectivity index (χ1) is 9.34. The summed E-state index contributed by atoms with van der Waals surface area (Å²) in [5.74, 6) is 5.15. The minimum Gasteiger partial charge on any atom is -0.318 e. The Labute approximate surface area is 115 Å². The normalized spacial score (nSPS) is 11.1. The van der Waals surface area contributed by atoms with Gasteiger partial charge in [-0.3, -0.25) is 16.0 Å². The molecule has 1 aromatic carbocycles. The lowest BCUT2D eigenvalue weighted by Gasteiger charge is -2.16. The van der Waals surface area contributed by atoms with Crippen LogP contribution in [0.3, 0.4) is 0 Å². The van der Waals surface area contributed by atoms with Crippen molar-refractivity contribution in [2.24, 2.45) is 5.84 Å². The third kappa shape index (κ3) is 3.21. The second-order valence-electron chi connectivity index (χ2n) is 3.82. The molecule has 0 heterocycles. The Morgan fingerprint density at radius 2 is 2.20 bits per heavy atom. The maximum absolute atomic E-state index is 12.2. The summed E-state index contributed by atoms with van der Waals surface area (Å²) in [5.41, 5.74) is 1.66. The molecule has 10 heteroatoms. The van der Waals surface area contributed by atoms with Gasteiger partial charge in [-0.1, -0.05) is 0 Å². The number of nitrogens with two attached hydrogens (primary N) is 1. The number of hydrogen-bond donors (Lipinski definition) is 2. The molecule has 0 unspecified atom stereocenters. The van der Waals surface area contributed by atoms with Crippen molar-refractivity contribution < 1.29 is 13.3 Å². The number of nitrogens with zero attached hydrogens (tertiary/aromatic N) is 3. The molecule has 1 rings (SSSR count). The van der Waals surface area contributed by atoms with E-state index < -0.39 is 14.9 Å². The van der Waals surface area contributed by atoms with Crippen LogP contribution in [0.25, 0.3) is 0 Å². The van der Waals surface area contributed by atoms with Gasteiger partial charge in [0.1, 0.15) is 5.69 Å². The molecular weight excluding hydrogens is 286 g/mol. The number of rotatable bonds is 6. The zero-order valence-electron chi connectivity index (χ0n) is 10.6. The maximum atomic E-state index is 12.2. The molecule has 0 amide bonds. The Morgan fingerprint density at radius 3 is 2.70 bits per heavy atom. The van der Waals surface area contributed by atoms with Gasteiger partial charge in [0.15, 0.2) is 0 Å². The van der Waals surface area contributed by atoms with E-state index in [4.69, 9.17) is 11.1 Å². The van der Waals surface area contributed by atoms with Gasteiger partial charge in [0.05, 0.1) is 15.9 Å². The van der Waals surface area contributed by atoms with Gasteiger partial charge in [0.2, 0.25) is 10.0 Å². The van der Waals surface area contributed by atoms with Crippen LogP contribution in [0.1, 0.15) is 6.42 Å². The summed E-state index contributed by atoms with van der Waals surface area (Å²) in [7, 11) is -2.50. The zero-order valence-corrected chi connectivity index (χ0v) is 11.4. The van der Waals surface area contributed by atoms with Crippen LogP contribution >= 0.6 is 0 Å². The fourth-order valence-electron chi connectivity index (χ4n) is 1.46. The predicted molar refractivity (Wildman–Crippen MR) is 71.0 cm³/mol. The fourth-order valence-corrected chi connectivity index (χ4v) is 2.66. The van der Waals surface area contributed by atoms with E-state index in [9.17, 15) is 18.5 Å². The SMILES string of the molecule is CN(CCC#N)S(=O)(=O)c1ccc([N+](=O)[O-])c(NN)c1. The van der Waals surface area contributed by atoms with Gasteiger partial charge in [0.25, 0.3) is 5.69 Å². The molecule has 1 aromatic rings. The monoisotopic (exact) mass is 299 g/mol. The number of nitro benzene ring substituents is 1. The molecule has 9 nitrogen and oxygen atoms in total. The number of nitrogens with one attached hydrogen (secondary N) is 1. The summed E-state index contributed by atoms with van der Waals surface area (Å²) in [4.78, 5) is 9.91. The lowest BCUT2D eigenvalue weighted by molar-refractivity contribution is -0.384. The third-order valence-corrected chi connectivity index (χ3v) is 4.42. The summed E-state index contributed by atoms with van der Waals surface area (Å²) >= 11 is 0. The van der Waals surface area contributed by atoms with Crippen molar-refractivity contribution in [2.75, 3.05) is 19.0 Å².